The second-order valence-corrected chi connectivity index (χ2v) is 11.0. The quantitative estimate of drug-likeness (QED) is 0.0731. The summed E-state index contributed by atoms with van der Waals surface area (Å²) in [5.41, 5.74) is -1.85. The second kappa shape index (κ2) is 21.4. The zero-order valence-corrected chi connectivity index (χ0v) is 26.0. The number of allylic oxidation sites excluding steroid dienone is 1. The predicted octanol–water partition coefficient (Wildman–Crippen LogP) is 4.89. The van der Waals surface area contributed by atoms with E-state index in [-0.39, 0.29) is 25.2 Å². The number of hydrogen-bond acceptors (Lipinski definition) is 8. The van der Waals surface area contributed by atoms with Crippen LogP contribution in [0, 0.1) is 5.92 Å². The summed E-state index contributed by atoms with van der Waals surface area (Å²) in [6.45, 7) is 2.06. The van der Waals surface area contributed by atoms with Crippen LogP contribution >= 0.6 is 0 Å². The van der Waals surface area contributed by atoms with E-state index in [0.29, 0.717) is 30.6 Å². The molecule has 0 aliphatic rings. The van der Waals surface area contributed by atoms with Crippen LogP contribution in [0.5, 0.6) is 5.75 Å². The third-order valence-corrected chi connectivity index (χ3v) is 7.50. The summed E-state index contributed by atoms with van der Waals surface area (Å²) in [5, 5.41) is 33.1. The number of methoxy groups -OCH3 is 2. The number of phenolic OH excluding ortho intramolecular Hbond substituents is 1. The zero-order chi connectivity index (χ0) is 32.1. The van der Waals surface area contributed by atoms with Gasteiger partial charge < -0.3 is 30.1 Å². The van der Waals surface area contributed by atoms with Crippen LogP contribution in [-0.4, -0.2) is 71.4 Å². The molecule has 43 heavy (non-hydrogen) atoms. The Morgan fingerprint density at radius 2 is 1.53 bits per heavy atom. The minimum atomic E-state index is -2.48. The summed E-state index contributed by atoms with van der Waals surface area (Å²) in [7, 11) is 2.53. The van der Waals surface area contributed by atoms with Gasteiger partial charge in [0, 0.05) is 39.4 Å². The van der Waals surface area contributed by atoms with Gasteiger partial charge in [-0.15, -0.1) is 0 Å². The number of ketones is 1. The molecule has 0 aliphatic carbocycles. The topological polar surface area (TPSA) is 159 Å². The highest BCUT2D eigenvalue weighted by Crippen LogP contribution is 2.26. The fourth-order valence-corrected chi connectivity index (χ4v) is 4.80. The number of phenols is 1. The summed E-state index contributed by atoms with van der Waals surface area (Å²) in [4.78, 5) is 50.2. The lowest BCUT2D eigenvalue weighted by molar-refractivity contribution is -0.169. The number of aromatic hydroxyl groups is 1. The van der Waals surface area contributed by atoms with Crippen molar-refractivity contribution in [2.45, 2.75) is 108 Å². The van der Waals surface area contributed by atoms with Crippen LogP contribution in [0.25, 0.3) is 0 Å². The predicted molar refractivity (Wildman–Crippen MR) is 164 cm³/mol. The molecular weight excluding hydrogens is 554 g/mol. The number of carbonyl (C=O) groups is 4. The zero-order valence-electron chi connectivity index (χ0n) is 26.0. The van der Waals surface area contributed by atoms with Crippen LogP contribution in [0.3, 0.4) is 0 Å². The molecule has 1 amide bonds. The van der Waals surface area contributed by atoms with E-state index in [1.807, 2.05) is 0 Å². The van der Waals surface area contributed by atoms with Crippen molar-refractivity contribution >= 4 is 23.6 Å². The molecule has 0 saturated heterocycles. The number of benzene rings is 1. The Kier molecular flexibility index (Phi) is 18.8. The molecule has 1 rings (SSSR count). The minimum Gasteiger partial charge on any atom is -0.508 e. The Labute approximate surface area is 255 Å². The normalized spacial score (nSPS) is 14.1. The van der Waals surface area contributed by atoms with E-state index in [9.17, 15) is 34.5 Å². The van der Waals surface area contributed by atoms with Crippen molar-refractivity contribution in [3.63, 3.8) is 0 Å². The first-order chi connectivity index (χ1) is 20.6. The van der Waals surface area contributed by atoms with Gasteiger partial charge in [0.25, 0.3) is 0 Å². The molecule has 0 bridgehead atoms. The molecule has 0 radical (unpaired) electrons. The van der Waals surface area contributed by atoms with Gasteiger partial charge in [-0.2, -0.15) is 0 Å². The van der Waals surface area contributed by atoms with Crippen molar-refractivity contribution in [2.75, 3.05) is 20.8 Å². The van der Waals surface area contributed by atoms with E-state index in [4.69, 9.17) is 9.47 Å². The number of nitrogens with one attached hydrogen (secondary N) is 1. The number of unbranched alkanes of at least 4 members (excludes halogenated alkanes) is 8. The van der Waals surface area contributed by atoms with Gasteiger partial charge in [0.15, 0.2) is 5.60 Å². The minimum absolute atomic E-state index is 0.0278. The number of carboxylic acid groups (broad SMARTS) is 1. The number of Topliss-reactive ketones (excluding diaryl/α,β-unsaturated/α-hetero) is 1. The third-order valence-electron chi connectivity index (χ3n) is 7.50. The first kappa shape index (κ1) is 37.8. The Morgan fingerprint density at radius 3 is 2.09 bits per heavy atom. The Hall–Kier alpha value is -3.24. The fraction of sp³-hybridized carbons (Fsp3) is 0.636. The Balaban J connectivity index is 2.80. The van der Waals surface area contributed by atoms with Crippen LogP contribution in [0.1, 0.15) is 96.0 Å². The molecule has 4 N–H and O–H groups in total. The molecule has 1 aromatic rings. The molecule has 0 fully saturated rings. The van der Waals surface area contributed by atoms with E-state index in [1.165, 1.54) is 51.7 Å². The molecule has 0 saturated carbocycles. The number of esters is 1. The van der Waals surface area contributed by atoms with Crippen molar-refractivity contribution in [3.05, 3.63) is 42.0 Å². The maximum atomic E-state index is 13.4. The molecule has 0 heterocycles. The van der Waals surface area contributed by atoms with Gasteiger partial charge in [-0.25, -0.2) is 9.59 Å². The van der Waals surface area contributed by atoms with Crippen LogP contribution in [0.15, 0.2) is 36.4 Å². The molecular formula is C33H51NO9. The molecule has 0 aromatic heterocycles. The highest BCUT2D eigenvalue weighted by Gasteiger charge is 2.47. The summed E-state index contributed by atoms with van der Waals surface area (Å²) >= 11 is 0. The van der Waals surface area contributed by atoms with E-state index >= 15 is 0 Å². The van der Waals surface area contributed by atoms with Gasteiger partial charge in [-0.05, 0) is 43.4 Å². The maximum Gasteiger partial charge on any atom is 0.336 e. The summed E-state index contributed by atoms with van der Waals surface area (Å²) in [6.07, 6.45) is 13.5. The standard InChI is InChI=1S/C33H51NO9/c1-4-5-6-9-12-15-26(35)16-13-10-7-8-11-14-17-28(33(41,32(39)40)22-23-42-2)30(37)34-29(31(38)43-3)24-25-18-20-27(36)21-19-25/h14,17-21,28-29,36,41H,4-13,15-16,22-24H2,1-3H3,(H,34,37)(H,39,40)/b17-14+/t28-,29+,33+/m1/s1. The van der Waals surface area contributed by atoms with E-state index in [2.05, 4.69) is 12.2 Å². The first-order valence-electron chi connectivity index (χ1n) is 15.4. The van der Waals surface area contributed by atoms with Crippen LogP contribution in [0.4, 0.5) is 0 Å². The van der Waals surface area contributed by atoms with E-state index < -0.39 is 35.4 Å². The summed E-state index contributed by atoms with van der Waals surface area (Å²) in [5.74, 6) is -4.34. The van der Waals surface area contributed by atoms with Crippen molar-refractivity contribution in [1.29, 1.82) is 0 Å². The molecule has 0 unspecified atom stereocenters. The summed E-state index contributed by atoms with van der Waals surface area (Å²) in [6, 6.07) is 4.91. The van der Waals surface area contributed by atoms with E-state index in [0.717, 1.165) is 38.5 Å². The molecule has 0 aliphatic heterocycles. The monoisotopic (exact) mass is 605 g/mol. The van der Waals surface area contributed by atoms with Gasteiger partial charge in [-0.3, -0.25) is 9.59 Å². The molecule has 3 atom stereocenters. The number of amides is 1. The van der Waals surface area contributed by atoms with Crippen molar-refractivity contribution in [2.24, 2.45) is 5.92 Å². The lowest BCUT2D eigenvalue weighted by Crippen LogP contribution is -2.55. The Bertz CT molecular complexity index is 1010. The van der Waals surface area contributed by atoms with E-state index in [1.54, 1.807) is 18.2 Å². The number of carboxylic acids is 1. The molecule has 1 aromatic carbocycles. The average Bonchev–Trinajstić information content (AvgIpc) is 2.99. The van der Waals surface area contributed by atoms with Gasteiger partial charge in [-0.1, -0.05) is 69.7 Å². The fourth-order valence-electron chi connectivity index (χ4n) is 4.80. The SMILES string of the molecule is CCCCCCCC(=O)CCCCCC/C=C/[C@H](C(=O)N[C@@H](Cc1ccc(O)cc1)C(=O)OC)[C@@](O)(CCOC)C(=O)O. The van der Waals surface area contributed by atoms with Crippen molar-refractivity contribution in [3.8, 4) is 5.75 Å². The van der Waals surface area contributed by atoms with Gasteiger partial charge in [0.05, 0.1) is 13.0 Å². The van der Waals surface area contributed by atoms with Gasteiger partial charge >= 0.3 is 11.9 Å². The number of rotatable bonds is 24. The lowest BCUT2D eigenvalue weighted by atomic mass is 9.83. The second-order valence-electron chi connectivity index (χ2n) is 11.0. The molecule has 10 heteroatoms. The molecule has 0 spiro atoms. The first-order valence-corrected chi connectivity index (χ1v) is 15.4. The number of hydrogen-bond donors (Lipinski definition) is 4. The van der Waals surface area contributed by atoms with Gasteiger partial charge in [0.2, 0.25) is 5.91 Å². The summed E-state index contributed by atoms with van der Waals surface area (Å²) < 4.78 is 9.82. The lowest BCUT2D eigenvalue weighted by Gasteiger charge is -2.30. The third kappa shape index (κ3) is 14.7. The number of carbonyl (C=O) groups excluding carboxylic acids is 3. The smallest absolute Gasteiger partial charge is 0.336 e. The van der Waals surface area contributed by atoms with Crippen LogP contribution in [0.2, 0.25) is 0 Å². The number of ether oxygens (including phenoxy) is 2. The average molecular weight is 606 g/mol. The highest BCUT2D eigenvalue weighted by atomic mass is 16.5. The van der Waals surface area contributed by atoms with Gasteiger partial charge in [0.1, 0.15) is 17.6 Å². The van der Waals surface area contributed by atoms with Crippen molar-refractivity contribution < 1.29 is 44.0 Å². The molecule has 10 nitrogen and oxygen atoms in total. The molecule has 242 valence electrons. The Morgan fingerprint density at radius 1 is 0.930 bits per heavy atom. The maximum absolute atomic E-state index is 13.4. The van der Waals surface area contributed by atoms with Crippen molar-refractivity contribution in [1.82, 2.24) is 5.32 Å². The van der Waals surface area contributed by atoms with Crippen LogP contribution < -0.4 is 5.32 Å². The number of aliphatic carboxylic acids is 1. The van der Waals surface area contributed by atoms with Crippen LogP contribution in [-0.2, 0) is 35.1 Å². The number of aliphatic hydroxyl groups is 1. The highest BCUT2D eigenvalue weighted by molar-refractivity contribution is 5.92. The largest absolute Gasteiger partial charge is 0.508 e.